The molecule has 0 heterocycles. The summed E-state index contributed by atoms with van der Waals surface area (Å²) in [6.07, 6.45) is 1.39. The molecule has 162 valence electrons. The van der Waals surface area contributed by atoms with Gasteiger partial charge in [0.25, 0.3) is 11.8 Å². The standard InChI is InChI=1S/C23H17ClFN3O4/c24-20-4-2-1-3-19(20)23(31)32-18-11-5-15(6-12-18)13-27-28-21(29)14-26-22(30)16-7-9-17(25)10-8-16/h1-13H,14H2,(H,26,30)(H,28,29)/b27-13-. The van der Waals surface area contributed by atoms with Crippen molar-refractivity contribution in [2.75, 3.05) is 6.54 Å². The number of esters is 1. The van der Waals surface area contributed by atoms with Crippen LogP contribution >= 0.6 is 11.6 Å². The average Bonchev–Trinajstić information content (AvgIpc) is 2.79. The lowest BCUT2D eigenvalue weighted by Gasteiger charge is -2.06. The van der Waals surface area contributed by atoms with Crippen LogP contribution in [0.2, 0.25) is 5.02 Å². The Bertz CT molecular complexity index is 1150. The van der Waals surface area contributed by atoms with E-state index in [0.29, 0.717) is 16.3 Å². The number of benzene rings is 3. The summed E-state index contributed by atoms with van der Waals surface area (Å²) in [6, 6.07) is 17.9. The van der Waals surface area contributed by atoms with E-state index in [0.717, 1.165) is 12.1 Å². The minimum Gasteiger partial charge on any atom is -0.423 e. The zero-order chi connectivity index (χ0) is 22.9. The minimum absolute atomic E-state index is 0.234. The van der Waals surface area contributed by atoms with Gasteiger partial charge < -0.3 is 10.1 Å². The molecular weight excluding hydrogens is 437 g/mol. The van der Waals surface area contributed by atoms with Crippen LogP contribution in [0.5, 0.6) is 5.75 Å². The summed E-state index contributed by atoms with van der Waals surface area (Å²) in [5.41, 5.74) is 3.41. The Balaban J connectivity index is 1.45. The third-order valence-corrected chi connectivity index (χ3v) is 4.43. The van der Waals surface area contributed by atoms with Crippen LogP contribution in [-0.2, 0) is 4.79 Å². The first kappa shape index (κ1) is 22.6. The number of carbonyl (C=O) groups is 3. The second kappa shape index (κ2) is 10.8. The first-order valence-corrected chi connectivity index (χ1v) is 9.72. The van der Waals surface area contributed by atoms with E-state index in [9.17, 15) is 18.8 Å². The monoisotopic (exact) mass is 453 g/mol. The first-order valence-electron chi connectivity index (χ1n) is 9.35. The lowest BCUT2D eigenvalue weighted by molar-refractivity contribution is -0.120. The number of amides is 2. The number of ether oxygens (including phenoxy) is 1. The zero-order valence-electron chi connectivity index (χ0n) is 16.5. The van der Waals surface area contributed by atoms with Crippen LogP contribution in [0.25, 0.3) is 0 Å². The third kappa shape index (κ3) is 6.48. The number of rotatable bonds is 7. The quantitative estimate of drug-likeness (QED) is 0.247. The second-order valence-electron chi connectivity index (χ2n) is 6.42. The predicted octanol–water partition coefficient (Wildman–Crippen LogP) is 3.58. The van der Waals surface area contributed by atoms with Crippen molar-refractivity contribution in [3.05, 3.63) is 100 Å². The van der Waals surface area contributed by atoms with E-state index in [4.69, 9.17) is 16.3 Å². The van der Waals surface area contributed by atoms with Crippen molar-refractivity contribution in [1.29, 1.82) is 0 Å². The van der Waals surface area contributed by atoms with Crippen molar-refractivity contribution < 1.29 is 23.5 Å². The Labute approximate surface area is 187 Å². The number of halogens is 2. The molecule has 0 spiro atoms. The van der Waals surface area contributed by atoms with Gasteiger partial charge in [0.1, 0.15) is 11.6 Å². The summed E-state index contributed by atoms with van der Waals surface area (Å²) in [6.45, 7) is -0.301. The second-order valence-corrected chi connectivity index (χ2v) is 6.83. The summed E-state index contributed by atoms with van der Waals surface area (Å²) < 4.78 is 18.1. The maximum atomic E-state index is 12.9. The van der Waals surface area contributed by atoms with Crippen LogP contribution in [0, 0.1) is 5.82 Å². The topological polar surface area (TPSA) is 96.9 Å². The number of nitrogens with zero attached hydrogens (tertiary/aromatic N) is 1. The third-order valence-electron chi connectivity index (χ3n) is 4.10. The van der Waals surface area contributed by atoms with Crippen LogP contribution in [0.4, 0.5) is 4.39 Å². The molecule has 0 radical (unpaired) electrons. The van der Waals surface area contributed by atoms with E-state index in [1.807, 2.05) is 0 Å². The molecule has 0 fully saturated rings. The molecule has 2 amide bonds. The summed E-state index contributed by atoms with van der Waals surface area (Å²) in [5.74, 6) is -1.76. The molecule has 0 aliphatic rings. The van der Waals surface area contributed by atoms with Crippen molar-refractivity contribution in [3.63, 3.8) is 0 Å². The van der Waals surface area contributed by atoms with E-state index in [2.05, 4.69) is 15.8 Å². The molecule has 0 aromatic heterocycles. The molecule has 7 nitrogen and oxygen atoms in total. The number of hydrazone groups is 1. The fourth-order valence-electron chi connectivity index (χ4n) is 2.49. The predicted molar refractivity (Wildman–Crippen MR) is 117 cm³/mol. The highest BCUT2D eigenvalue weighted by Crippen LogP contribution is 2.18. The highest BCUT2D eigenvalue weighted by Gasteiger charge is 2.12. The summed E-state index contributed by atoms with van der Waals surface area (Å²) in [5, 5.41) is 6.50. The minimum atomic E-state index is -0.577. The lowest BCUT2D eigenvalue weighted by Crippen LogP contribution is -2.34. The first-order chi connectivity index (χ1) is 15.4. The van der Waals surface area contributed by atoms with Gasteiger partial charge in [-0.3, -0.25) is 9.59 Å². The average molecular weight is 454 g/mol. The van der Waals surface area contributed by atoms with Gasteiger partial charge >= 0.3 is 5.97 Å². The van der Waals surface area contributed by atoms with E-state index >= 15 is 0 Å². The molecular formula is C23H17ClFN3O4. The Hall–Kier alpha value is -4.04. The fourth-order valence-corrected chi connectivity index (χ4v) is 2.71. The smallest absolute Gasteiger partial charge is 0.345 e. The van der Waals surface area contributed by atoms with Crippen LogP contribution in [-0.4, -0.2) is 30.5 Å². The van der Waals surface area contributed by atoms with E-state index < -0.39 is 23.6 Å². The van der Waals surface area contributed by atoms with Crippen molar-refractivity contribution >= 4 is 35.6 Å². The van der Waals surface area contributed by atoms with Gasteiger partial charge in [-0.25, -0.2) is 14.6 Å². The lowest BCUT2D eigenvalue weighted by atomic mass is 10.2. The van der Waals surface area contributed by atoms with Gasteiger partial charge in [-0.15, -0.1) is 0 Å². The molecule has 0 atom stereocenters. The highest BCUT2D eigenvalue weighted by atomic mass is 35.5. The van der Waals surface area contributed by atoms with Gasteiger partial charge in [-0.2, -0.15) is 5.10 Å². The summed E-state index contributed by atoms with van der Waals surface area (Å²) in [7, 11) is 0. The Morgan fingerprint density at radius 3 is 2.34 bits per heavy atom. The van der Waals surface area contributed by atoms with Gasteiger partial charge in [-0.05, 0) is 66.2 Å². The van der Waals surface area contributed by atoms with Crippen LogP contribution in [0.3, 0.4) is 0 Å². The molecule has 9 heteroatoms. The maximum Gasteiger partial charge on any atom is 0.345 e. The molecule has 0 saturated carbocycles. The van der Waals surface area contributed by atoms with Crippen LogP contribution in [0.1, 0.15) is 26.3 Å². The van der Waals surface area contributed by atoms with Gasteiger partial charge in [0, 0.05) is 5.56 Å². The van der Waals surface area contributed by atoms with Gasteiger partial charge in [0.2, 0.25) is 0 Å². The molecule has 3 aromatic rings. The van der Waals surface area contributed by atoms with Gasteiger partial charge in [0.15, 0.2) is 0 Å². The van der Waals surface area contributed by atoms with Crippen LogP contribution in [0.15, 0.2) is 77.9 Å². The van der Waals surface area contributed by atoms with Crippen molar-refractivity contribution in [2.24, 2.45) is 5.10 Å². The van der Waals surface area contributed by atoms with E-state index in [1.165, 1.54) is 18.3 Å². The molecule has 0 unspecified atom stereocenters. The van der Waals surface area contributed by atoms with Crippen molar-refractivity contribution in [1.82, 2.24) is 10.7 Å². The Kier molecular flexibility index (Phi) is 7.66. The molecule has 3 aromatic carbocycles. The SMILES string of the molecule is O=C(CNC(=O)c1ccc(F)cc1)N/N=C\c1ccc(OC(=O)c2ccccc2Cl)cc1. The normalized spacial score (nSPS) is 10.6. The van der Waals surface area contributed by atoms with Gasteiger partial charge in [-0.1, -0.05) is 23.7 Å². The molecule has 0 aliphatic heterocycles. The highest BCUT2D eigenvalue weighted by molar-refractivity contribution is 6.33. The molecule has 0 saturated heterocycles. The van der Waals surface area contributed by atoms with Gasteiger partial charge in [0.05, 0.1) is 23.3 Å². The number of hydrogen-bond acceptors (Lipinski definition) is 5. The Morgan fingerprint density at radius 2 is 1.66 bits per heavy atom. The summed E-state index contributed by atoms with van der Waals surface area (Å²) in [4.78, 5) is 35.8. The molecule has 32 heavy (non-hydrogen) atoms. The van der Waals surface area contributed by atoms with E-state index in [-0.39, 0.29) is 17.7 Å². The number of carbonyl (C=O) groups excluding carboxylic acids is 3. The van der Waals surface area contributed by atoms with Crippen LogP contribution < -0.4 is 15.5 Å². The molecule has 0 aliphatic carbocycles. The molecule has 3 rings (SSSR count). The molecule has 0 bridgehead atoms. The maximum absolute atomic E-state index is 12.9. The molecule has 2 N–H and O–H groups in total. The van der Waals surface area contributed by atoms with E-state index in [1.54, 1.807) is 48.5 Å². The summed E-state index contributed by atoms with van der Waals surface area (Å²) >= 11 is 5.98. The van der Waals surface area contributed by atoms with Crippen molar-refractivity contribution in [2.45, 2.75) is 0 Å². The number of hydrogen-bond donors (Lipinski definition) is 2. The fraction of sp³-hybridized carbons (Fsp3) is 0.0435. The number of nitrogens with one attached hydrogen (secondary N) is 2. The Morgan fingerprint density at radius 1 is 0.969 bits per heavy atom. The zero-order valence-corrected chi connectivity index (χ0v) is 17.3. The van der Waals surface area contributed by atoms with Crippen molar-refractivity contribution in [3.8, 4) is 5.75 Å². The largest absolute Gasteiger partial charge is 0.423 e.